The zero-order valence-electron chi connectivity index (χ0n) is 10.2. The fraction of sp³-hybridized carbons (Fsp3) is 0.500. The van der Waals surface area contributed by atoms with E-state index in [1.807, 2.05) is 16.8 Å². The van der Waals surface area contributed by atoms with Crippen LogP contribution in [0.15, 0.2) is 16.8 Å². The molecule has 4 nitrogen and oxygen atoms in total. The molecule has 0 spiro atoms. The molecule has 1 aromatic heterocycles. The van der Waals surface area contributed by atoms with Crippen LogP contribution < -0.4 is 5.32 Å². The number of alkyl carbamates (subject to hydrolysis) is 1. The lowest BCUT2D eigenvalue weighted by molar-refractivity contribution is -0.108. The Labute approximate surface area is 105 Å². The molecule has 0 saturated carbocycles. The summed E-state index contributed by atoms with van der Waals surface area (Å²) in [4.78, 5) is 22.2. The van der Waals surface area contributed by atoms with E-state index in [0.717, 1.165) is 11.8 Å². The SMILES string of the molecule is CC(C)(C)OC(=O)N[C@@H](CC=O)c1ccsc1. The van der Waals surface area contributed by atoms with Gasteiger partial charge in [-0.2, -0.15) is 11.3 Å². The summed E-state index contributed by atoms with van der Waals surface area (Å²) in [5.41, 5.74) is 0.387. The zero-order valence-corrected chi connectivity index (χ0v) is 11.0. The minimum absolute atomic E-state index is 0.246. The summed E-state index contributed by atoms with van der Waals surface area (Å²) in [6.07, 6.45) is 0.533. The molecule has 1 N–H and O–H groups in total. The summed E-state index contributed by atoms with van der Waals surface area (Å²) in [7, 11) is 0. The molecule has 1 aromatic rings. The zero-order chi connectivity index (χ0) is 12.9. The van der Waals surface area contributed by atoms with Crippen molar-refractivity contribution < 1.29 is 14.3 Å². The van der Waals surface area contributed by atoms with E-state index in [2.05, 4.69) is 5.32 Å². The van der Waals surface area contributed by atoms with Crippen LogP contribution in [0.3, 0.4) is 0 Å². The maximum atomic E-state index is 11.6. The molecule has 1 atom stereocenters. The fourth-order valence-corrected chi connectivity index (χ4v) is 2.01. The van der Waals surface area contributed by atoms with Crippen molar-refractivity contribution in [2.75, 3.05) is 0 Å². The largest absolute Gasteiger partial charge is 0.444 e. The second-order valence-corrected chi connectivity index (χ2v) is 5.44. The van der Waals surface area contributed by atoms with Crippen LogP contribution >= 0.6 is 11.3 Å². The minimum atomic E-state index is -0.537. The molecule has 0 aliphatic heterocycles. The van der Waals surface area contributed by atoms with E-state index < -0.39 is 11.7 Å². The number of amides is 1. The Bertz CT molecular complexity index is 368. The van der Waals surface area contributed by atoms with Gasteiger partial charge in [0.25, 0.3) is 0 Å². The van der Waals surface area contributed by atoms with Gasteiger partial charge < -0.3 is 14.8 Å². The standard InChI is InChI=1S/C12H17NO3S/c1-12(2,3)16-11(15)13-10(4-6-14)9-5-7-17-8-9/h5-8,10H,4H2,1-3H3,(H,13,15)/t10-/m0/s1. The molecule has 1 rings (SSSR count). The van der Waals surface area contributed by atoms with Gasteiger partial charge in [0.2, 0.25) is 0 Å². The van der Waals surface area contributed by atoms with Crippen LogP contribution in [-0.4, -0.2) is 18.0 Å². The second-order valence-electron chi connectivity index (χ2n) is 4.66. The van der Waals surface area contributed by atoms with E-state index in [0.29, 0.717) is 0 Å². The molecule has 0 aromatic carbocycles. The third-order valence-corrected chi connectivity index (χ3v) is 2.67. The summed E-state index contributed by atoms with van der Waals surface area (Å²) >= 11 is 1.53. The van der Waals surface area contributed by atoms with Crippen molar-refractivity contribution in [3.8, 4) is 0 Å². The third-order valence-electron chi connectivity index (χ3n) is 1.97. The van der Waals surface area contributed by atoms with Crippen LogP contribution in [-0.2, 0) is 9.53 Å². The molecule has 17 heavy (non-hydrogen) atoms. The van der Waals surface area contributed by atoms with Crippen molar-refractivity contribution in [1.29, 1.82) is 0 Å². The predicted molar refractivity (Wildman–Crippen MR) is 67.1 cm³/mol. The van der Waals surface area contributed by atoms with Gasteiger partial charge in [0.15, 0.2) is 0 Å². The number of hydrogen-bond donors (Lipinski definition) is 1. The Hall–Kier alpha value is -1.36. The van der Waals surface area contributed by atoms with E-state index in [-0.39, 0.29) is 12.5 Å². The van der Waals surface area contributed by atoms with Gasteiger partial charge in [0.1, 0.15) is 11.9 Å². The first-order chi connectivity index (χ1) is 7.92. The van der Waals surface area contributed by atoms with E-state index in [9.17, 15) is 9.59 Å². The number of ether oxygens (including phenoxy) is 1. The molecule has 1 heterocycles. The van der Waals surface area contributed by atoms with Crippen molar-refractivity contribution in [3.05, 3.63) is 22.4 Å². The Balaban J connectivity index is 2.62. The lowest BCUT2D eigenvalue weighted by Gasteiger charge is -2.22. The summed E-state index contributed by atoms with van der Waals surface area (Å²) in [6.45, 7) is 5.39. The van der Waals surface area contributed by atoms with Crippen LogP contribution in [0, 0.1) is 0 Å². The third kappa shape index (κ3) is 4.99. The Morgan fingerprint density at radius 1 is 1.59 bits per heavy atom. The topological polar surface area (TPSA) is 55.4 Å². The molecule has 94 valence electrons. The summed E-state index contributed by atoms with van der Waals surface area (Å²) < 4.78 is 5.15. The van der Waals surface area contributed by atoms with Crippen molar-refractivity contribution in [3.63, 3.8) is 0 Å². The molecule has 5 heteroatoms. The summed E-state index contributed by atoms with van der Waals surface area (Å²) in [6, 6.07) is 1.57. The Morgan fingerprint density at radius 3 is 2.76 bits per heavy atom. The molecule has 0 fully saturated rings. The quantitative estimate of drug-likeness (QED) is 0.842. The van der Waals surface area contributed by atoms with Gasteiger partial charge in [0, 0.05) is 6.42 Å². The number of rotatable bonds is 4. The average Bonchev–Trinajstić information content (AvgIpc) is 2.66. The van der Waals surface area contributed by atoms with E-state index in [1.54, 1.807) is 20.8 Å². The molecule has 0 saturated heterocycles. The average molecular weight is 255 g/mol. The van der Waals surface area contributed by atoms with E-state index >= 15 is 0 Å². The van der Waals surface area contributed by atoms with Crippen LogP contribution in [0.1, 0.15) is 38.8 Å². The van der Waals surface area contributed by atoms with Gasteiger partial charge in [-0.05, 0) is 43.2 Å². The lowest BCUT2D eigenvalue weighted by Crippen LogP contribution is -2.35. The van der Waals surface area contributed by atoms with Crippen molar-refractivity contribution in [2.24, 2.45) is 0 Å². The normalized spacial score (nSPS) is 12.9. The van der Waals surface area contributed by atoms with Gasteiger partial charge in [-0.15, -0.1) is 0 Å². The van der Waals surface area contributed by atoms with Crippen LogP contribution in [0.5, 0.6) is 0 Å². The minimum Gasteiger partial charge on any atom is -0.444 e. The number of carbonyl (C=O) groups excluding carboxylic acids is 2. The fourth-order valence-electron chi connectivity index (χ4n) is 1.30. The number of carbonyl (C=O) groups is 2. The first kappa shape index (κ1) is 13.7. The van der Waals surface area contributed by atoms with Crippen LogP contribution in [0.2, 0.25) is 0 Å². The van der Waals surface area contributed by atoms with Gasteiger partial charge >= 0.3 is 6.09 Å². The lowest BCUT2D eigenvalue weighted by atomic mass is 10.1. The number of aldehydes is 1. The molecule has 0 aliphatic carbocycles. The Kier molecular flexibility index (Phi) is 4.69. The van der Waals surface area contributed by atoms with Gasteiger partial charge in [-0.1, -0.05) is 0 Å². The highest BCUT2D eigenvalue weighted by Gasteiger charge is 2.20. The number of hydrogen-bond acceptors (Lipinski definition) is 4. The first-order valence-corrected chi connectivity index (χ1v) is 6.32. The summed E-state index contributed by atoms with van der Waals surface area (Å²) in [5.74, 6) is 0. The van der Waals surface area contributed by atoms with E-state index in [4.69, 9.17) is 4.74 Å². The number of thiophene rings is 1. The smallest absolute Gasteiger partial charge is 0.408 e. The second kappa shape index (κ2) is 5.82. The maximum absolute atomic E-state index is 11.6. The van der Waals surface area contributed by atoms with Gasteiger partial charge in [-0.3, -0.25) is 0 Å². The highest BCUT2D eigenvalue weighted by Crippen LogP contribution is 2.19. The number of nitrogens with one attached hydrogen (secondary N) is 1. The van der Waals surface area contributed by atoms with Crippen molar-refractivity contribution >= 4 is 23.7 Å². The summed E-state index contributed by atoms with van der Waals surface area (Å²) in [5, 5.41) is 6.51. The van der Waals surface area contributed by atoms with Gasteiger partial charge in [0.05, 0.1) is 6.04 Å². The molecule has 0 aliphatic rings. The highest BCUT2D eigenvalue weighted by molar-refractivity contribution is 7.07. The molecule has 1 amide bonds. The van der Waals surface area contributed by atoms with Crippen LogP contribution in [0.25, 0.3) is 0 Å². The molecular formula is C12H17NO3S. The molecule has 0 bridgehead atoms. The van der Waals surface area contributed by atoms with Crippen LogP contribution in [0.4, 0.5) is 4.79 Å². The van der Waals surface area contributed by atoms with Gasteiger partial charge in [-0.25, -0.2) is 4.79 Å². The van der Waals surface area contributed by atoms with Crippen molar-refractivity contribution in [2.45, 2.75) is 38.8 Å². The predicted octanol–water partition coefficient (Wildman–Crippen LogP) is 2.90. The maximum Gasteiger partial charge on any atom is 0.408 e. The molecular weight excluding hydrogens is 238 g/mol. The highest BCUT2D eigenvalue weighted by atomic mass is 32.1. The van der Waals surface area contributed by atoms with E-state index in [1.165, 1.54) is 11.3 Å². The Morgan fingerprint density at radius 2 is 2.29 bits per heavy atom. The first-order valence-electron chi connectivity index (χ1n) is 5.37. The van der Waals surface area contributed by atoms with Crippen molar-refractivity contribution in [1.82, 2.24) is 5.32 Å². The molecule has 0 unspecified atom stereocenters. The monoisotopic (exact) mass is 255 g/mol. The molecule has 0 radical (unpaired) electrons.